The van der Waals surface area contributed by atoms with E-state index in [1.807, 2.05) is 13.2 Å². The molecule has 7 heteroatoms. The van der Waals surface area contributed by atoms with Crippen molar-refractivity contribution in [3.8, 4) is 5.75 Å². The van der Waals surface area contributed by atoms with Crippen LogP contribution in [0.2, 0.25) is 0 Å². The van der Waals surface area contributed by atoms with E-state index < -0.39 is 10.0 Å². The highest BCUT2D eigenvalue weighted by Gasteiger charge is 2.28. The molecular weight excluding hydrogens is 308 g/mol. The Bertz CT molecular complexity index is 561. The quantitative estimate of drug-likeness (QED) is 0.787. The number of methoxy groups -OCH3 is 1. The summed E-state index contributed by atoms with van der Waals surface area (Å²) in [6, 6.07) is 4.94. The minimum Gasteiger partial charge on any atom is -0.495 e. The fourth-order valence-electron chi connectivity index (χ4n) is 1.91. The summed E-state index contributed by atoms with van der Waals surface area (Å²) in [5.74, 6) is 1.26. The van der Waals surface area contributed by atoms with Gasteiger partial charge in [-0.1, -0.05) is 6.07 Å². The monoisotopic (exact) mass is 332 g/mol. The van der Waals surface area contributed by atoms with Crippen LogP contribution in [-0.4, -0.2) is 44.9 Å². The molecule has 1 unspecified atom stereocenters. The topological polar surface area (TPSA) is 72.6 Å². The van der Waals surface area contributed by atoms with Gasteiger partial charge >= 0.3 is 0 Å². The number of benzene rings is 1. The van der Waals surface area contributed by atoms with Crippen LogP contribution < -0.4 is 10.5 Å². The van der Waals surface area contributed by atoms with Gasteiger partial charge in [0.2, 0.25) is 10.0 Å². The number of sulfonamides is 1. The van der Waals surface area contributed by atoms with Crippen molar-refractivity contribution in [2.45, 2.75) is 30.8 Å². The third-order valence-electron chi connectivity index (χ3n) is 3.48. The number of hydrogen-bond acceptors (Lipinski definition) is 5. The Labute approximate surface area is 131 Å². The standard InChI is InChI=1S/C14H24N2O3S2/c1-11(7-8-20-4)16(2)21(17,18)14-9-12(10-15)5-6-13(14)19-3/h5-6,9,11H,7-8,10,15H2,1-4H3. The number of hydrogen-bond donors (Lipinski definition) is 1. The average molecular weight is 332 g/mol. The Balaban J connectivity index is 3.17. The van der Waals surface area contributed by atoms with E-state index in [0.717, 1.165) is 17.7 Å². The van der Waals surface area contributed by atoms with Crippen LogP contribution >= 0.6 is 11.8 Å². The molecule has 0 bridgehead atoms. The molecule has 5 nitrogen and oxygen atoms in total. The van der Waals surface area contributed by atoms with E-state index in [0.29, 0.717) is 5.75 Å². The van der Waals surface area contributed by atoms with Crippen LogP contribution in [0.15, 0.2) is 23.1 Å². The van der Waals surface area contributed by atoms with Crippen LogP contribution in [0.4, 0.5) is 0 Å². The van der Waals surface area contributed by atoms with Gasteiger partial charge < -0.3 is 10.5 Å². The summed E-state index contributed by atoms with van der Waals surface area (Å²) < 4.78 is 32.2. The molecule has 0 saturated carbocycles. The Kier molecular flexibility index (Phi) is 6.99. The zero-order chi connectivity index (χ0) is 16.0. The Morgan fingerprint density at radius 3 is 2.62 bits per heavy atom. The summed E-state index contributed by atoms with van der Waals surface area (Å²) >= 11 is 1.70. The molecule has 0 amide bonds. The molecule has 0 aliphatic carbocycles. The highest BCUT2D eigenvalue weighted by molar-refractivity contribution is 7.98. The Morgan fingerprint density at radius 2 is 2.10 bits per heavy atom. The molecule has 2 N–H and O–H groups in total. The van der Waals surface area contributed by atoms with Crippen molar-refractivity contribution in [2.24, 2.45) is 5.73 Å². The van der Waals surface area contributed by atoms with Crippen molar-refractivity contribution in [3.05, 3.63) is 23.8 Å². The number of rotatable bonds is 8. The molecule has 120 valence electrons. The van der Waals surface area contributed by atoms with Crippen molar-refractivity contribution >= 4 is 21.8 Å². The SMILES string of the molecule is COc1ccc(CN)cc1S(=O)(=O)N(C)C(C)CCSC. The van der Waals surface area contributed by atoms with Crippen LogP contribution in [0.3, 0.4) is 0 Å². The maximum absolute atomic E-state index is 12.8. The van der Waals surface area contributed by atoms with Crippen LogP contribution in [0, 0.1) is 0 Å². The zero-order valence-electron chi connectivity index (χ0n) is 13.0. The first kappa shape index (κ1) is 18.3. The van der Waals surface area contributed by atoms with Crippen LogP contribution in [0.25, 0.3) is 0 Å². The summed E-state index contributed by atoms with van der Waals surface area (Å²) in [6.07, 6.45) is 2.81. The molecule has 1 aromatic rings. The number of ether oxygens (including phenoxy) is 1. The molecule has 0 aliphatic rings. The van der Waals surface area contributed by atoms with E-state index in [4.69, 9.17) is 10.5 Å². The normalized spacial score (nSPS) is 13.4. The second kappa shape index (κ2) is 8.03. The van der Waals surface area contributed by atoms with Gasteiger partial charge in [0.05, 0.1) is 7.11 Å². The minimum absolute atomic E-state index is 0.0753. The predicted octanol–water partition coefficient (Wildman–Crippen LogP) is 1.92. The van der Waals surface area contributed by atoms with Crippen molar-refractivity contribution < 1.29 is 13.2 Å². The van der Waals surface area contributed by atoms with Gasteiger partial charge in [-0.25, -0.2) is 8.42 Å². The lowest BCUT2D eigenvalue weighted by Gasteiger charge is -2.25. The largest absolute Gasteiger partial charge is 0.495 e. The third-order valence-corrected chi connectivity index (χ3v) is 6.12. The fraction of sp³-hybridized carbons (Fsp3) is 0.571. The van der Waals surface area contributed by atoms with E-state index in [1.54, 1.807) is 37.0 Å². The number of thioether (sulfide) groups is 1. The summed E-state index contributed by atoms with van der Waals surface area (Å²) in [4.78, 5) is 0.173. The summed E-state index contributed by atoms with van der Waals surface area (Å²) in [5.41, 5.74) is 6.37. The van der Waals surface area contributed by atoms with Gasteiger partial charge in [-0.15, -0.1) is 0 Å². The second-order valence-electron chi connectivity index (χ2n) is 4.84. The summed E-state index contributed by atoms with van der Waals surface area (Å²) in [6.45, 7) is 2.20. The molecule has 0 spiro atoms. The lowest BCUT2D eigenvalue weighted by Crippen LogP contribution is -2.35. The third kappa shape index (κ3) is 4.35. The molecule has 1 aromatic carbocycles. The fourth-order valence-corrected chi connectivity index (χ4v) is 4.08. The van der Waals surface area contributed by atoms with Crippen molar-refractivity contribution in [2.75, 3.05) is 26.2 Å². The lowest BCUT2D eigenvalue weighted by molar-refractivity contribution is 0.372. The molecular formula is C14H24N2O3S2. The minimum atomic E-state index is -3.60. The Hall–Kier alpha value is -0.760. The number of nitrogens with zero attached hydrogens (tertiary/aromatic N) is 1. The lowest BCUT2D eigenvalue weighted by atomic mass is 10.2. The molecule has 1 rings (SSSR count). The van der Waals surface area contributed by atoms with Gasteiger partial charge in [0.15, 0.2) is 0 Å². The van der Waals surface area contributed by atoms with Crippen molar-refractivity contribution in [1.29, 1.82) is 0 Å². The van der Waals surface area contributed by atoms with Gasteiger partial charge in [-0.3, -0.25) is 0 Å². The summed E-state index contributed by atoms with van der Waals surface area (Å²) in [5, 5.41) is 0. The first-order valence-corrected chi connectivity index (χ1v) is 9.55. The highest BCUT2D eigenvalue weighted by Crippen LogP contribution is 2.28. The molecule has 1 atom stereocenters. The maximum atomic E-state index is 12.8. The molecule has 0 aromatic heterocycles. The number of nitrogens with two attached hydrogens (primary N) is 1. The Morgan fingerprint density at radius 1 is 1.43 bits per heavy atom. The van der Waals surface area contributed by atoms with Gasteiger partial charge in [0.1, 0.15) is 10.6 Å². The van der Waals surface area contributed by atoms with E-state index in [9.17, 15) is 8.42 Å². The van der Waals surface area contributed by atoms with Gasteiger partial charge in [-0.2, -0.15) is 16.1 Å². The van der Waals surface area contributed by atoms with Crippen molar-refractivity contribution in [3.63, 3.8) is 0 Å². The molecule has 21 heavy (non-hydrogen) atoms. The highest BCUT2D eigenvalue weighted by atomic mass is 32.2. The molecule has 0 aliphatic heterocycles. The first-order chi connectivity index (χ1) is 9.88. The maximum Gasteiger partial charge on any atom is 0.246 e. The average Bonchev–Trinajstić information content (AvgIpc) is 2.50. The second-order valence-corrected chi connectivity index (χ2v) is 7.79. The van der Waals surface area contributed by atoms with Gasteiger partial charge in [0, 0.05) is 19.6 Å². The predicted molar refractivity (Wildman–Crippen MR) is 88.3 cm³/mol. The van der Waals surface area contributed by atoms with E-state index in [2.05, 4.69) is 0 Å². The van der Waals surface area contributed by atoms with Gasteiger partial charge in [-0.05, 0) is 43.0 Å². The molecule has 0 heterocycles. The van der Waals surface area contributed by atoms with Crippen LogP contribution in [0.5, 0.6) is 5.75 Å². The molecule has 0 fully saturated rings. The van der Waals surface area contributed by atoms with E-state index >= 15 is 0 Å². The molecule has 0 saturated heterocycles. The van der Waals surface area contributed by atoms with Crippen LogP contribution in [-0.2, 0) is 16.6 Å². The first-order valence-electron chi connectivity index (χ1n) is 6.72. The smallest absolute Gasteiger partial charge is 0.246 e. The van der Waals surface area contributed by atoms with Crippen LogP contribution in [0.1, 0.15) is 18.9 Å². The van der Waals surface area contributed by atoms with E-state index in [-0.39, 0.29) is 17.5 Å². The summed E-state index contributed by atoms with van der Waals surface area (Å²) in [7, 11) is -0.529. The zero-order valence-corrected chi connectivity index (χ0v) is 14.6. The van der Waals surface area contributed by atoms with Crippen molar-refractivity contribution in [1.82, 2.24) is 4.31 Å². The van der Waals surface area contributed by atoms with E-state index in [1.165, 1.54) is 11.4 Å². The molecule has 0 radical (unpaired) electrons. The van der Waals surface area contributed by atoms with Gasteiger partial charge in [0.25, 0.3) is 0 Å².